The number of carbonyl (C=O) groups is 1. The number of non-ortho nitro benzene ring substituents is 1. The Morgan fingerprint density at radius 2 is 1.89 bits per heavy atom. The molecule has 0 atom stereocenters. The second kappa shape index (κ2) is 7.20. The highest BCUT2D eigenvalue weighted by molar-refractivity contribution is 8.00. The molecule has 4 rings (SSSR count). The average molecular weight is 381 g/mol. The molecule has 0 saturated heterocycles. The van der Waals surface area contributed by atoms with Crippen LogP contribution in [0.1, 0.15) is 11.3 Å². The molecular formula is C18H15N5O3S. The number of nitro groups is 1. The van der Waals surface area contributed by atoms with Gasteiger partial charge in [0.25, 0.3) is 5.69 Å². The fourth-order valence-corrected chi connectivity index (χ4v) is 3.82. The van der Waals surface area contributed by atoms with Crippen molar-refractivity contribution in [3.63, 3.8) is 0 Å². The van der Waals surface area contributed by atoms with Crippen LogP contribution in [0.5, 0.6) is 0 Å². The fraction of sp³-hybridized carbons (Fsp3) is 0.167. The summed E-state index contributed by atoms with van der Waals surface area (Å²) >= 11 is 1.54. The third-order valence-corrected chi connectivity index (χ3v) is 5.25. The Bertz CT molecular complexity index is 1000. The number of amides is 1. The van der Waals surface area contributed by atoms with Gasteiger partial charge in [-0.2, -0.15) is 0 Å². The summed E-state index contributed by atoms with van der Waals surface area (Å²) in [5.41, 5.74) is 2.52. The minimum atomic E-state index is -0.427. The second-order valence-corrected chi connectivity index (χ2v) is 7.08. The molecule has 0 bridgehead atoms. The van der Waals surface area contributed by atoms with E-state index >= 15 is 0 Å². The van der Waals surface area contributed by atoms with Crippen molar-refractivity contribution in [1.82, 2.24) is 15.0 Å². The van der Waals surface area contributed by atoms with Crippen LogP contribution in [-0.2, 0) is 17.9 Å². The first kappa shape index (κ1) is 17.2. The monoisotopic (exact) mass is 381 g/mol. The van der Waals surface area contributed by atoms with E-state index < -0.39 is 4.92 Å². The molecule has 9 heteroatoms. The minimum Gasteiger partial charge on any atom is -0.304 e. The molecule has 0 fully saturated rings. The molecule has 1 aromatic heterocycles. The number of para-hydroxylation sites is 1. The van der Waals surface area contributed by atoms with Gasteiger partial charge in [0.1, 0.15) is 5.69 Å². The van der Waals surface area contributed by atoms with Gasteiger partial charge in [-0.05, 0) is 17.7 Å². The van der Waals surface area contributed by atoms with Gasteiger partial charge in [0.2, 0.25) is 5.91 Å². The summed E-state index contributed by atoms with van der Waals surface area (Å²) in [6.07, 6.45) is 1.79. The maximum atomic E-state index is 12.3. The second-order valence-electron chi connectivity index (χ2n) is 6.07. The topological polar surface area (TPSA) is 94.2 Å². The highest BCUT2D eigenvalue weighted by Gasteiger charge is 2.25. The summed E-state index contributed by atoms with van der Waals surface area (Å²) < 4.78 is 1.66. The van der Waals surface area contributed by atoms with Gasteiger partial charge in [-0.3, -0.25) is 14.9 Å². The Morgan fingerprint density at radius 3 is 2.67 bits per heavy atom. The van der Waals surface area contributed by atoms with E-state index in [-0.39, 0.29) is 11.6 Å². The van der Waals surface area contributed by atoms with Crippen molar-refractivity contribution in [3.8, 4) is 0 Å². The smallest absolute Gasteiger partial charge is 0.269 e. The number of nitrogens with zero attached hydrogens (tertiary/aromatic N) is 5. The number of anilines is 1. The van der Waals surface area contributed by atoms with E-state index in [9.17, 15) is 14.9 Å². The summed E-state index contributed by atoms with van der Waals surface area (Å²) in [6.45, 7) is 0.808. The predicted octanol–water partition coefficient (Wildman–Crippen LogP) is 2.87. The number of hydrogen-bond acceptors (Lipinski definition) is 6. The van der Waals surface area contributed by atoms with Crippen molar-refractivity contribution in [1.29, 1.82) is 0 Å². The van der Waals surface area contributed by atoms with Gasteiger partial charge in [-0.15, -0.1) is 16.9 Å². The van der Waals surface area contributed by atoms with Crippen LogP contribution in [0.3, 0.4) is 0 Å². The Balaban J connectivity index is 1.48. The van der Waals surface area contributed by atoms with Crippen LogP contribution in [0.15, 0.2) is 59.6 Å². The van der Waals surface area contributed by atoms with Crippen molar-refractivity contribution >= 4 is 29.0 Å². The van der Waals surface area contributed by atoms with E-state index in [0.29, 0.717) is 24.5 Å². The lowest BCUT2D eigenvalue weighted by Gasteiger charge is -2.28. The van der Waals surface area contributed by atoms with Crippen molar-refractivity contribution < 1.29 is 9.72 Å². The van der Waals surface area contributed by atoms with E-state index in [1.54, 1.807) is 39.7 Å². The lowest BCUT2D eigenvalue weighted by atomic mass is 10.2. The number of fused-ring (bicyclic) bond motifs is 1. The first-order valence-electron chi connectivity index (χ1n) is 8.25. The number of aromatic nitrogens is 3. The molecule has 0 spiro atoms. The minimum absolute atomic E-state index is 0.0450. The van der Waals surface area contributed by atoms with Crippen LogP contribution in [0.4, 0.5) is 11.4 Å². The quantitative estimate of drug-likeness (QED) is 0.498. The summed E-state index contributed by atoms with van der Waals surface area (Å²) in [5, 5.41) is 19.0. The first-order valence-corrected chi connectivity index (χ1v) is 9.23. The number of benzene rings is 2. The molecule has 1 aliphatic rings. The van der Waals surface area contributed by atoms with Crippen molar-refractivity contribution in [2.45, 2.75) is 18.0 Å². The maximum absolute atomic E-state index is 12.3. The summed E-state index contributed by atoms with van der Waals surface area (Å²) in [4.78, 5) is 25.4. The standard InChI is InChI=1S/C18H15N5O3S/c24-18-12-27-17-4-2-1-3-16(17)22(18)11-14-10-21(20-19-14)9-13-5-7-15(8-6-13)23(25)26/h1-8,10H,9,11-12H2. The SMILES string of the molecule is O=C1CSc2ccccc2N1Cc1cn(Cc2ccc([N+](=O)[O-])cc2)nn1. The Morgan fingerprint density at radius 1 is 1.11 bits per heavy atom. The van der Waals surface area contributed by atoms with E-state index in [2.05, 4.69) is 10.3 Å². The molecule has 0 radical (unpaired) electrons. The summed E-state index contributed by atoms with van der Waals surface area (Å²) in [6, 6.07) is 14.1. The molecule has 1 aliphatic heterocycles. The molecule has 8 nitrogen and oxygen atoms in total. The average Bonchev–Trinajstić information content (AvgIpc) is 3.11. The van der Waals surface area contributed by atoms with Crippen molar-refractivity contribution in [3.05, 3.63) is 76.1 Å². The van der Waals surface area contributed by atoms with Crippen LogP contribution in [0.2, 0.25) is 0 Å². The van der Waals surface area contributed by atoms with E-state index in [1.807, 2.05) is 24.3 Å². The lowest BCUT2D eigenvalue weighted by molar-refractivity contribution is -0.384. The van der Waals surface area contributed by atoms with Gasteiger partial charge in [-0.25, -0.2) is 4.68 Å². The predicted molar refractivity (Wildman–Crippen MR) is 101 cm³/mol. The molecule has 1 amide bonds. The first-order chi connectivity index (χ1) is 13.1. The van der Waals surface area contributed by atoms with Crippen LogP contribution < -0.4 is 4.90 Å². The van der Waals surface area contributed by atoms with Crippen LogP contribution in [0, 0.1) is 10.1 Å². The molecule has 2 heterocycles. The number of thioether (sulfide) groups is 1. The zero-order valence-corrected chi connectivity index (χ0v) is 15.0. The normalized spacial score (nSPS) is 13.5. The number of hydrogen-bond donors (Lipinski definition) is 0. The van der Waals surface area contributed by atoms with Gasteiger partial charge in [-0.1, -0.05) is 29.5 Å². The van der Waals surface area contributed by atoms with Crippen LogP contribution in [-0.4, -0.2) is 31.6 Å². The third kappa shape index (κ3) is 3.68. The lowest BCUT2D eigenvalue weighted by Crippen LogP contribution is -2.34. The molecule has 0 unspecified atom stereocenters. The zero-order valence-electron chi connectivity index (χ0n) is 14.2. The number of nitro benzene ring substituents is 1. The Kier molecular flexibility index (Phi) is 4.59. The molecule has 3 aromatic rings. The van der Waals surface area contributed by atoms with E-state index in [1.165, 1.54) is 12.1 Å². The van der Waals surface area contributed by atoms with Crippen LogP contribution in [0.25, 0.3) is 0 Å². The van der Waals surface area contributed by atoms with Gasteiger partial charge in [0, 0.05) is 17.0 Å². The summed E-state index contributed by atoms with van der Waals surface area (Å²) in [7, 11) is 0. The van der Waals surface area contributed by atoms with Crippen molar-refractivity contribution in [2.75, 3.05) is 10.7 Å². The zero-order chi connectivity index (χ0) is 18.8. The third-order valence-electron chi connectivity index (χ3n) is 4.21. The molecule has 0 N–H and O–H groups in total. The number of rotatable bonds is 5. The molecule has 2 aromatic carbocycles. The molecule has 136 valence electrons. The Hall–Kier alpha value is -3.20. The fourth-order valence-electron chi connectivity index (χ4n) is 2.89. The highest BCUT2D eigenvalue weighted by Crippen LogP contribution is 2.35. The summed E-state index contributed by atoms with van der Waals surface area (Å²) in [5.74, 6) is 0.456. The molecular weight excluding hydrogens is 366 g/mol. The van der Waals surface area contributed by atoms with E-state index in [4.69, 9.17) is 0 Å². The Labute approximate surface area is 158 Å². The molecule has 0 saturated carbocycles. The number of carbonyl (C=O) groups excluding carboxylic acids is 1. The van der Waals surface area contributed by atoms with Gasteiger partial charge < -0.3 is 4.90 Å². The van der Waals surface area contributed by atoms with Crippen LogP contribution >= 0.6 is 11.8 Å². The van der Waals surface area contributed by atoms with Crippen molar-refractivity contribution in [2.24, 2.45) is 0 Å². The van der Waals surface area contributed by atoms with Gasteiger partial charge in [0.05, 0.1) is 35.6 Å². The van der Waals surface area contributed by atoms with E-state index in [0.717, 1.165) is 16.1 Å². The highest BCUT2D eigenvalue weighted by atomic mass is 32.2. The maximum Gasteiger partial charge on any atom is 0.269 e. The largest absolute Gasteiger partial charge is 0.304 e. The van der Waals surface area contributed by atoms with Gasteiger partial charge in [0.15, 0.2) is 0 Å². The van der Waals surface area contributed by atoms with Gasteiger partial charge >= 0.3 is 0 Å². The molecule has 0 aliphatic carbocycles. The molecule has 27 heavy (non-hydrogen) atoms.